The van der Waals surface area contributed by atoms with Gasteiger partial charge in [-0.05, 0) is 36.0 Å². The van der Waals surface area contributed by atoms with Crippen LogP contribution in [0.15, 0.2) is 53.4 Å². The van der Waals surface area contributed by atoms with Crippen molar-refractivity contribution in [1.29, 1.82) is 0 Å². The summed E-state index contributed by atoms with van der Waals surface area (Å²) < 4.78 is 16.1. The molecule has 0 aliphatic carbocycles. The lowest BCUT2D eigenvalue weighted by molar-refractivity contribution is -0.139. The van der Waals surface area contributed by atoms with Gasteiger partial charge in [0.1, 0.15) is 12.4 Å². The largest absolute Gasteiger partial charge is 0.493 e. The van der Waals surface area contributed by atoms with Crippen molar-refractivity contribution in [1.82, 2.24) is 4.90 Å². The van der Waals surface area contributed by atoms with E-state index in [1.165, 1.54) is 13.2 Å². The summed E-state index contributed by atoms with van der Waals surface area (Å²) in [7, 11) is 1.53. The molecular weight excluding hydrogens is 410 g/mol. The van der Waals surface area contributed by atoms with Crippen molar-refractivity contribution >= 4 is 35.0 Å². The second kappa shape index (κ2) is 9.84. The minimum absolute atomic E-state index is 0.0806. The zero-order valence-electron chi connectivity index (χ0n) is 16.1. The topological polar surface area (TPSA) is 102 Å². The fourth-order valence-corrected chi connectivity index (χ4v) is 3.55. The van der Waals surface area contributed by atoms with Gasteiger partial charge in [0.05, 0.1) is 18.6 Å². The number of imide groups is 1. The van der Waals surface area contributed by atoms with E-state index in [1.807, 2.05) is 6.07 Å². The van der Waals surface area contributed by atoms with Crippen LogP contribution in [-0.2, 0) is 9.59 Å². The van der Waals surface area contributed by atoms with E-state index in [9.17, 15) is 14.4 Å². The molecule has 2 aromatic carbocycles. The highest BCUT2D eigenvalue weighted by atomic mass is 32.2. The van der Waals surface area contributed by atoms with Crippen molar-refractivity contribution in [2.45, 2.75) is 0 Å². The fourth-order valence-electron chi connectivity index (χ4n) is 2.69. The quantitative estimate of drug-likeness (QED) is 0.606. The van der Waals surface area contributed by atoms with E-state index in [1.54, 1.807) is 42.5 Å². The van der Waals surface area contributed by atoms with Gasteiger partial charge in [0.2, 0.25) is 0 Å². The maximum absolute atomic E-state index is 12.7. The first-order chi connectivity index (χ1) is 14.5. The number of benzene rings is 2. The lowest BCUT2D eigenvalue weighted by Gasteiger charge is -2.14. The average Bonchev–Trinajstić information content (AvgIpc) is 3.00. The molecule has 1 fully saturated rings. The van der Waals surface area contributed by atoms with E-state index in [0.29, 0.717) is 22.8 Å². The molecule has 0 aromatic heterocycles. The number of carboxylic acids is 1. The number of carboxylic acid groups (broad SMARTS) is 1. The van der Waals surface area contributed by atoms with Gasteiger partial charge in [-0.1, -0.05) is 30.3 Å². The lowest BCUT2D eigenvalue weighted by atomic mass is 10.2. The van der Waals surface area contributed by atoms with Gasteiger partial charge >= 0.3 is 5.97 Å². The van der Waals surface area contributed by atoms with Crippen LogP contribution < -0.4 is 14.2 Å². The molecule has 2 aromatic rings. The molecule has 0 spiro atoms. The molecule has 1 aliphatic rings. The number of carbonyl (C=O) groups is 3. The van der Waals surface area contributed by atoms with Crippen molar-refractivity contribution < 1.29 is 33.7 Å². The number of carbonyl (C=O) groups excluding carboxylic acids is 2. The maximum atomic E-state index is 12.7. The molecule has 2 amide bonds. The minimum atomic E-state index is -1.11. The predicted octanol–water partition coefficient (Wildman–Crippen LogP) is 3.27. The number of thioether (sulfide) groups is 1. The molecule has 156 valence electrons. The van der Waals surface area contributed by atoms with Crippen LogP contribution in [0.5, 0.6) is 17.2 Å². The number of aliphatic carboxylic acids is 1. The molecule has 1 aliphatic heterocycles. The molecule has 30 heavy (non-hydrogen) atoms. The summed E-state index contributed by atoms with van der Waals surface area (Å²) in [5.41, 5.74) is 0.509. The van der Waals surface area contributed by atoms with Crippen LogP contribution in [0.2, 0.25) is 0 Å². The van der Waals surface area contributed by atoms with Gasteiger partial charge in [-0.3, -0.25) is 14.5 Å². The van der Waals surface area contributed by atoms with Gasteiger partial charge in [0.25, 0.3) is 11.1 Å². The molecule has 0 atom stereocenters. The molecule has 0 saturated carbocycles. The number of para-hydroxylation sites is 3. The maximum Gasteiger partial charge on any atom is 0.341 e. The highest BCUT2D eigenvalue weighted by Crippen LogP contribution is 2.34. The predicted molar refractivity (Wildman–Crippen MR) is 111 cm³/mol. The molecule has 0 bridgehead atoms. The summed E-state index contributed by atoms with van der Waals surface area (Å²) in [5.74, 6) is -0.162. The van der Waals surface area contributed by atoms with Gasteiger partial charge in [-0.25, -0.2) is 4.79 Å². The third-order valence-electron chi connectivity index (χ3n) is 4.07. The van der Waals surface area contributed by atoms with Crippen molar-refractivity contribution in [3.05, 3.63) is 59.0 Å². The van der Waals surface area contributed by atoms with Gasteiger partial charge in [-0.2, -0.15) is 0 Å². The van der Waals surface area contributed by atoms with Crippen LogP contribution in [0.1, 0.15) is 5.56 Å². The number of nitrogens with zero attached hydrogens (tertiary/aromatic N) is 1. The molecule has 1 N–H and O–H groups in total. The molecular formula is C21H19NO7S. The van der Waals surface area contributed by atoms with Crippen LogP contribution in [-0.4, -0.2) is 54.0 Å². The highest BCUT2D eigenvalue weighted by Gasteiger charge is 2.35. The highest BCUT2D eigenvalue weighted by molar-refractivity contribution is 8.18. The molecule has 9 heteroatoms. The number of hydrogen-bond donors (Lipinski definition) is 1. The second-order valence-corrected chi connectivity index (χ2v) is 7.05. The Bertz CT molecular complexity index is 989. The Balaban J connectivity index is 1.67. The van der Waals surface area contributed by atoms with Gasteiger partial charge in [0, 0.05) is 5.56 Å². The molecule has 1 heterocycles. The summed E-state index contributed by atoms with van der Waals surface area (Å²) in [6.45, 7) is -0.312. The Morgan fingerprint density at radius 1 is 1.03 bits per heavy atom. The number of ether oxygens (including phenoxy) is 3. The zero-order valence-corrected chi connectivity index (χ0v) is 16.9. The van der Waals surface area contributed by atoms with Crippen molar-refractivity contribution in [2.24, 2.45) is 0 Å². The van der Waals surface area contributed by atoms with Crippen LogP contribution in [0.3, 0.4) is 0 Å². The molecule has 8 nitrogen and oxygen atoms in total. The smallest absolute Gasteiger partial charge is 0.341 e. The Morgan fingerprint density at radius 3 is 2.40 bits per heavy atom. The molecule has 3 rings (SSSR count). The second-order valence-electron chi connectivity index (χ2n) is 6.05. The van der Waals surface area contributed by atoms with Crippen molar-refractivity contribution in [3.8, 4) is 17.2 Å². The SMILES string of the molecule is COc1ccccc1OCCN1C(=O)S/C(=C\c2ccccc2OCC(=O)O)C1=O. The van der Waals surface area contributed by atoms with Crippen LogP contribution in [0.25, 0.3) is 6.08 Å². The standard InChI is InChI=1S/C21H19NO7S/c1-27-16-8-4-5-9-17(16)28-11-10-22-20(25)18(30-21(22)26)12-14-6-2-3-7-15(14)29-13-19(23)24/h2-9,12H,10-11,13H2,1H3,(H,23,24)/b18-12-. The van der Waals surface area contributed by atoms with E-state index in [-0.39, 0.29) is 18.1 Å². The Kier molecular flexibility index (Phi) is 6.97. The Hall–Kier alpha value is -3.46. The molecule has 1 saturated heterocycles. The normalized spacial score (nSPS) is 14.8. The van der Waals surface area contributed by atoms with Crippen molar-refractivity contribution in [3.63, 3.8) is 0 Å². The summed E-state index contributed by atoms with van der Waals surface area (Å²) in [6.07, 6.45) is 1.52. The zero-order chi connectivity index (χ0) is 21.5. The molecule has 0 unspecified atom stereocenters. The third kappa shape index (κ3) is 5.12. The number of methoxy groups -OCH3 is 1. The third-order valence-corrected chi connectivity index (χ3v) is 4.98. The first-order valence-corrected chi connectivity index (χ1v) is 9.76. The van der Waals surface area contributed by atoms with Crippen LogP contribution >= 0.6 is 11.8 Å². The van der Waals surface area contributed by atoms with Gasteiger partial charge < -0.3 is 19.3 Å². The minimum Gasteiger partial charge on any atom is -0.493 e. The average molecular weight is 429 g/mol. The first kappa shape index (κ1) is 21.3. The number of amides is 2. The van der Waals surface area contributed by atoms with E-state index in [4.69, 9.17) is 19.3 Å². The van der Waals surface area contributed by atoms with E-state index < -0.39 is 23.7 Å². The van der Waals surface area contributed by atoms with E-state index in [0.717, 1.165) is 16.7 Å². The Morgan fingerprint density at radius 2 is 1.70 bits per heavy atom. The molecule has 0 radical (unpaired) electrons. The van der Waals surface area contributed by atoms with Gasteiger partial charge in [0.15, 0.2) is 18.1 Å². The Labute approximate surface area is 177 Å². The fraction of sp³-hybridized carbons (Fsp3) is 0.190. The first-order valence-electron chi connectivity index (χ1n) is 8.94. The lowest BCUT2D eigenvalue weighted by Crippen LogP contribution is -2.32. The van der Waals surface area contributed by atoms with E-state index >= 15 is 0 Å². The monoisotopic (exact) mass is 429 g/mol. The van der Waals surface area contributed by atoms with Crippen LogP contribution in [0.4, 0.5) is 4.79 Å². The summed E-state index contributed by atoms with van der Waals surface area (Å²) in [5, 5.41) is 8.39. The van der Waals surface area contributed by atoms with Crippen LogP contribution in [0, 0.1) is 0 Å². The van der Waals surface area contributed by atoms with Gasteiger partial charge in [-0.15, -0.1) is 0 Å². The number of hydrogen-bond acceptors (Lipinski definition) is 7. The summed E-state index contributed by atoms with van der Waals surface area (Å²) in [6, 6.07) is 13.8. The van der Waals surface area contributed by atoms with E-state index in [2.05, 4.69) is 0 Å². The summed E-state index contributed by atoms with van der Waals surface area (Å²) >= 11 is 0.810. The summed E-state index contributed by atoms with van der Waals surface area (Å²) in [4.78, 5) is 37.0. The number of rotatable bonds is 9. The van der Waals surface area contributed by atoms with Crippen molar-refractivity contribution in [2.75, 3.05) is 26.9 Å².